The highest BCUT2D eigenvalue weighted by molar-refractivity contribution is 6.30. The molecule has 3 aromatic carbocycles. The molecule has 2 nitrogen and oxygen atoms in total. The summed E-state index contributed by atoms with van der Waals surface area (Å²) in [6.45, 7) is 3.97. The third-order valence-corrected chi connectivity index (χ3v) is 4.75. The van der Waals surface area contributed by atoms with Gasteiger partial charge in [0.2, 0.25) is 0 Å². The molecule has 0 amide bonds. The smallest absolute Gasteiger partial charge is 0.0491 e. The van der Waals surface area contributed by atoms with E-state index in [2.05, 4.69) is 59.3 Å². The zero-order valence-corrected chi connectivity index (χ0v) is 14.3. The first kappa shape index (κ1) is 15.1. The molecule has 0 saturated heterocycles. The van der Waals surface area contributed by atoms with E-state index in [9.17, 15) is 0 Å². The first-order valence-electron chi connectivity index (χ1n) is 8.25. The van der Waals surface area contributed by atoms with E-state index in [0.717, 1.165) is 23.8 Å². The highest BCUT2D eigenvalue weighted by atomic mass is 35.5. The van der Waals surface area contributed by atoms with Crippen LogP contribution < -0.4 is 5.32 Å². The summed E-state index contributed by atoms with van der Waals surface area (Å²) in [4.78, 5) is 0. The van der Waals surface area contributed by atoms with Crippen molar-refractivity contribution >= 4 is 39.1 Å². The van der Waals surface area contributed by atoms with Gasteiger partial charge >= 0.3 is 0 Å². The van der Waals surface area contributed by atoms with E-state index in [1.807, 2.05) is 24.3 Å². The van der Waals surface area contributed by atoms with E-state index in [1.54, 1.807) is 0 Å². The number of para-hydroxylation sites is 1. The van der Waals surface area contributed by atoms with Crippen molar-refractivity contribution in [3.05, 3.63) is 77.3 Å². The van der Waals surface area contributed by atoms with Crippen LogP contribution >= 0.6 is 11.6 Å². The molecule has 1 heterocycles. The van der Waals surface area contributed by atoms with Crippen molar-refractivity contribution in [2.75, 3.05) is 5.32 Å². The van der Waals surface area contributed by atoms with Gasteiger partial charge in [0.25, 0.3) is 0 Å². The summed E-state index contributed by atoms with van der Waals surface area (Å²) in [5.74, 6) is 0. The number of halogens is 1. The van der Waals surface area contributed by atoms with Crippen LogP contribution in [0.15, 0.2) is 66.7 Å². The monoisotopic (exact) mass is 334 g/mol. The highest BCUT2D eigenvalue weighted by Gasteiger charge is 2.09. The number of aromatic nitrogens is 1. The number of rotatable bonds is 4. The van der Waals surface area contributed by atoms with E-state index in [1.165, 1.54) is 27.4 Å². The summed E-state index contributed by atoms with van der Waals surface area (Å²) in [7, 11) is 0. The van der Waals surface area contributed by atoms with E-state index >= 15 is 0 Å². The third kappa shape index (κ3) is 2.63. The van der Waals surface area contributed by atoms with Gasteiger partial charge in [-0.05, 0) is 55.0 Å². The minimum Gasteiger partial charge on any atom is -0.381 e. The van der Waals surface area contributed by atoms with E-state index in [0.29, 0.717) is 0 Å². The van der Waals surface area contributed by atoms with E-state index in [4.69, 9.17) is 11.6 Å². The summed E-state index contributed by atoms with van der Waals surface area (Å²) in [6.07, 6.45) is 0. The molecule has 0 aliphatic rings. The van der Waals surface area contributed by atoms with E-state index in [-0.39, 0.29) is 0 Å². The number of aryl methyl sites for hydroxylation is 1. The number of nitrogens with one attached hydrogen (secondary N) is 1. The average molecular weight is 335 g/mol. The molecule has 0 saturated carbocycles. The number of anilines is 1. The molecule has 1 N–H and O–H groups in total. The maximum atomic E-state index is 5.94. The molecule has 0 radical (unpaired) electrons. The molecule has 3 heteroatoms. The molecule has 0 spiro atoms. The van der Waals surface area contributed by atoms with Crippen LogP contribution in [0.2, 0.25) is 5.02 Å². The van der Waals surface area contributed by atoms with Crippen LogP contribution in [0.25, 0.3) is 21.8 Å². The van der Waals surface area contributed by atoms with Gasteiger partial charge in [0.1, 0.15) is 0 Å². The predicted molar refractivity (Wildman–Crippen MR) is 104 cm³/mol. The number of hydrogen-bond donors (Lipinski definition) is 1. The Labute approximate surface area is 146 Å². The average Bonchev–Trinajstić information content (AvgIpc) is 2.94. The normalized spacial score (nSPS) is 11.2. The Morgan fingerprint density at radius 3 is 2.42 bits per heavy atom. The SMILES string of the molecule is CCn1c2ccccc2c2cc(CNc3ccc(Cl)cc3)ccc21. The van der Waals surface area contributed by atoms with Gasteiger partial charge in [0.15, 0.2) is 0 Å². The molecular weight excluding hydrogens is 316 g/mol. The molecule has 4 aromatic rings. The molecule has 0 fully saturated rings. The molecule has 24 heavy (non-hydrogen) atoms. The molecule has 0 bridgehead atoms. The highest BCUT2D eigenvalue weighted by Crippen LogP contribution is 2.29. The molecule has 0 aliphatic heterocycles. The van der Waals surface area contributed by atoms with Crippen molar-refractivity contribution < 1.29 is 0 Å². The van der Waals surface area contributed by atoms with Crippen molar-refractivity contribution in [2.45, 2.75) is 20.0 Å². The largest absolute Gasteiger partial charge is 0.381 e. The van der Waals surface area contributed by atoms with Gasteiger partial charge in [-0.25, -0.2) is 0 Å². The number of nitrogens with zero attached hydrogens (tertiary/aromatic N) is 1. The first-order valence-corrected chi connectivity index (χ1v) is 8.63. The van der Waals surface area contributed by atoms with Gasteiger partial charge in [-0.1, -0.05) is 35.9 Å². The zero-order valence-electron chi connectivity index (χ0n) is 13.6. The van der Waals surface area contributed by atoms with Gasteiger partial charge < -0.3 is 9.88 Å². The summed E-state index contributed by atoms with van der Waals surface area (Å²) in [5, 5.41) is 6.86. The predicted octanol–water partition coefficient (Wildman–Crippen LogP) is 6.08. The van der Waals surface area contributed by atoms with Crippen LogP contribution in [-0.2, 0) is 13.1 Å². The van der Waals surface area contributed by atoms with E-state index < -0.39 is 0 Å². The fourth-order valence-corrected chi connectivity index (χ4v) is 3.45. The third-order valence-electron chi connectivity index (χ3n) is 4.49. The summed E-state index contributed by atoms with van der Waals surface area (Å²) < 4.78 is 2.38. The Kier molecular flexibility index (Phi) is 3.91. The fraction of sp³-hybridized carbons (Fsp3) is 0.143. The lowest BCUT2D eigenvalue weighted by molar-refractivity contribution is 0.827. The lowest BCUT2D eigenvalue weighted by Gasteiger charge is -2.08. The minimum absolute atomic E-state index is 0.759. The fourth-order valence-electron chi connectivity index (χ4n) is 3.32. The van der Waals surface area contributed by atoms with Gasteiger partial charge in [0, 0.05) is 45.6 Å². The second-order valence-corrected chi connectivity index (χ2v) is 6.41. The van der Waals surface area contributed by atoms with Crippen LogP contribution in [-0.4, -0.2) is 4.57 Å². The number of hydrogen-bond acceptors (Lipinski definition) is 1. The lowest BCUT2D eigenvalue weighted by Crippen LogP contribution is -1.99. The van der Waals surface area contributed by atoms with Gasteiger partial charge in [0.05, 0.1) is 0 Å². The van der Waals surface area contributed by atoms with Gasteiger partial charge in [-0.3, -0.25) is 0 Å². The topological polar surface area (TPSA) is 17.0 Å². The van der Waals surface area contributed by atoms with Crippen LogP contribution in [0.5, 0.6) is 0 Å². The van der Waals surface area contributed by atoms with Crippen molar-refractivity contribution in [2.24, 2.45) is 0 Å². The Morgan fingerprint density at radius 2 is 1.62 bits per heavy atom. The van der Waals surface area contributed by atoms with Gasteiger partial charge in [-0.2, -0.15) is 0 Å². The van der Waals surface area contributed by atoms with Crippen LogP contribution in [0.4, 0.5) is 5.69 Å². The molecule has 1 aromatic heterocycles. The number of benzene rings is 3. The minimum atomic E-state index is 0.759. The number of fused-ring (bicyclic) bond motifs is 3. The zero-order chi connectivity index (χ0) is 16.5. The van der Waals surface area contributed by atoms with Gasteiger partial charge in [-0.15, -0.1) is 0 Å². The summed E-state index contributed by atoms with van der Waals surface area (Å²) in [6, 6.07) is 23.2. The standard InChI is InChI=1S/C21H19ClN2/c1-2-24-20-6-4-3-5-18(20)19-13-15(7-12-21(19)24)14-23-17-10-8-16(22)9-11-17/h3-13,23H,2,14H2,1H3. The Morgan fingerprint density at radius 1 is 0.875 bits per heavy atom. The Balaban J connectivity index is 1.70. The molecule has 4 rings (SSSR count). The quantitative estimate of drug-likeness (QED) is 0.478. The van der Waals surface area contributed by atoms with Crippen LogP contribution in [0.3, 0.4) is 0 Å². The summed E-state index contributed by atoms with van der Waals surface area (Å²) in [5.41, 5.74) is 4.96. The Hall–Kier alpha value is -2.45. The van der Waals surface area contributed by atoms with Crippen LogP contribution in [0, 0.1) is 0 Å². The Bertz CT molecular complexity index is 1000. The maximum Gasteiger partial charge on any atom is 0.0491 e. The molecule has 0 unspecified atom stereocenters. The molecule has 0 atom stereocenters. The van der Waals surface area contributed by atoms with Crippen molar-refractivity contribution in [1.82, 2.24) is 4.57 Å². The maximum absolute atomic E-state index is 5.94. The molecule has 120 valence electrons. The van der Waals surface area contributed by atoms with Crippen molar-refractivity contribution in [1.29, 1.82) is 0 Å². The first-order chi connectivity index (χ1) is 11.8. The second kappa shape index (κ2) is 6.21. The van der Waals surface area contributed by atoms with Crippen molar-refractivity contribution in [3.63, 3.8) is 0 Å². The second-order valence-electron chi connectivity index (χ2n) is 5.97. The van der Waals surface area contributed by atoms with Crippen molar-refractivity contribution in [3.8, 4) is 0 Å². The summed E-state index contributed by atoms with van der Waals surface area (Å²) >= 11 is 5.94. The molecule has 0 aliphatic carbocycles. The molecular formula is C21H19ClN2. The van der Waals surface area contributed by atoms with Crippen LogP contribution in [0.1, 0.15) is 12.5 Å². The lowest BCUT2D eigenvalue weighted by atomic mass is 10.1.